The molecule has 0 aromatic heterocycles. The number of amides is 1. The minimum absolute atomic E-state index is 0.0459. The van der Waals surface area contributed by atoms with E-state index in [4.69, 9.17) is 10.5 Å². The lowest BCUT2D eigenvalue weighted by molar-refractivity contribution is -0.123. The number of anilines is 1. The van der Waals surface area contributed by atoms with E-state index in [9.17, 15) is 4.79 Å². The third-order valence-electron chi connectivity index (χ3n) is 3.18. The number of benzene rings is 1. The zero-order valence-corrected chi connectivity index (χ0v) is 10.7. The second-order valence-corrected chi connectivity index (χ2v) is 4.82. The summed E-state index contributed by atoms with van der Waals surface area (Å²) in [5, 5.41) is 2.98. The largest absolute Gasteiger partial charge is 0.484 e. The monoisotopic (exact) mass is 248 g/mol. The molecule has 1 fully saturated rings. The van der Waals surface area contributed by atoms with E-state index in [0.29, 0.717) is 23.4 Å². The Hall–Kier alpha value is -1.71. The van der Waals surface area contributed by atoms with Crippen LogP contribution in [0.15, 0.2) is 24.3 Å². The van der Waals surface area contributed by atoms with E-state index in [0.717, 1.165) is 6.42 Å². The van der Waals surface area contributed by atoms with Gasteiger partial charge in [-0.05, 0) is 43.0 Å². The van der Waals surface area contributed by atoms with Gasteiger partial charge in [-0.3, -0.25) is 4.79 Å². The molecule has 3 N–H and O–H groups in total. The second-order valence-electron chi connectivity index (χ2n) is 4.82. The molecule has 0 bridgehead atoms. The molecular formula is C14H20N2O2. The number of nitrogen functional groups attached to an aromatic ring is 1. The first-order valence-electron chi connectivity index (χ1n) is 6.46. The van der Waals surface area contributed by atoms with Crippen molar-refractivity contribution in [2.24, 2.45) is 5.92 Å². The molecule has 0 heterocycles. The molecule has 2 rings (SSSR count). The van der Waals surface area contributed by atoms with Crippen molar-refractivity contribution in [3.63, 3.8) is 0 Å². The molecule has 1 aromatic carbocycles. The van der Waals surface area contributed by atoms with E-state index in [2.05, 4.69) is 12.2 Å². The molecule has 0 spiro atoms. The fraction of sp³-hybridized carbons (Fsp3) is 0.500. The molecule has 0 radical (unpaired) electrons. The summed E-state index contributed by atoms with van der Waals surface area (Å²) in [6, 6.07) is 7.41. The number of rotatable bonds is 6. The van der Waals surface area contributed by atoms with Crippen LogP contribution in [-0.4, -0.2) is 18.6 Å². The van der Waals surface area contributed by atoms with Crippen LogP contribution in [0.1, 0.15) is 26.2 Å². The van der Waals surface area contributed by atoms with E-state index in [1.807, 2.05) is 0 Å². The van der Waals surface area contributed by atoms with Crippen molar-refractivity contribution in [1.29, 1.82) is 0 Å². The molecule has 4 heteroatoms. The fourth-order valence-corrected chi connectivity index (χ4v) is 2.08. The summed E-state index contributed by atoms with van der Waals surface area (Å²) < 4.78 is 5.38. The third kappa shape index (κ3) is 3.65. The average molecular weight is 248 g/mol. The smallest absolute Gasteiger partial charge is 0.258 e. The molecule has 4 nitrogen and oxygen atoms in total. The molecular weight excluding hydrogens is 228 g/mol. The van der Waals surface area contributed by atoms with Gasteiger partial charge in [0.2, 0.25) is 0 Å². The molecule has 1 aromatic rings. The van der Waals surface area contributed by atoms with Crippen molar-refractivity contribution in [1.82, 2.24) is 5.32 Å². The highest BCUT2D eigenvalue weighted by Gasteiger charge is 2.36. The Morgan fingerprint density at radius 3 is 2.83 bits per heavy atom. The van der Waals surface area contributed by atoms with E-state index in [-0.39, 0.29) is 12.5 Å². The number of nitrogens with one attached hydrogen (secondary N) is 1. The first kappa shape index (κ1) is 12.7. The molecule has 2 atom stereocenters. The van der Waals surface area contributed by atoms with E-state index >= 15 is 0 Å². The highest BCUT2D eigenvalue weighted by atomic mass is 16.5. The number of hydrogen-bond acceptors (Lipinski definition) is 3. The molecule has 1 amide bonds. The Morgan fingerprint density at radius 1 is 1.44 bits per heavy atom. The van der Waals surface area contributed by atoms with E-state index in [1.54, 1.807) is 24.3 Å². The first-order valence-corrected chi connectivity index (χ1v) is 6.46. The molecule has 1 aliphatic rings. The molecule has 98 valence electrons. The first-order chi connectivity index (χ1) is 8.69. The number of ether oxygens (including phenoxy) is 1. The average Bonchev–Trinajstić information content (AvgIpc) is 3.07. The van der Waals surface area contributed by atoms with Gasteiger partial charge in [-0.2, -0.15) is 0 Å². The number of hydrogen-bond donors (Lipinski definition) is 2. The van der Waals surface area contributed by atoms with Gasteiger partial charge in [0.25, 0.3) is 5.91 Å². The molecule has 2 unspecified atom stereocenters. The van der Waals surface area contributed by atoms with Crippen LogP contribution < -0.4 is 15.8 Å². The van der Waals surface area contributed by atoms with Gasteiger partial charge in [-0.25, -0.2) is 0 Å². The summed E-state index contributed by atoms with van der Waals surface area (Å²) in [5.41, 5.74) is 6.25. The lowest BCUT2D eigenvalue weighted by Gasteiger charge is -2.07. The minimum Gasteiger partial charge on any atom is -0.484 e. The Kier molecular flexibility index (Phi) is 4.07. The lowest BCUT2D eigenvalue weighted by atomic mass is 10.2. The summed E-state index contributed by atoms with van der Waals surface area (Å²) in [6.45, 7) is 2.24. The summed E-state index contributed by atoms with van der Waals surface area (Å²) in [7, 11) is 0. The van der Waals surface area contributed by atoms with Crippen LogP contribution in [0.25, 0.3) is 0 Å². The topological polar surface area (TPSA) is 64.3 Å². The molecule has 0 aliphatic heterocycles. The highest BCUT2D eigenvalue weighted by molar-refractivity contribution is 5.78. The fourth-order valence-electron chi connectivity index (χ4n) is 2.08. The van der Waals surface area contributed by atoms with Gasteiger partial charge in [0, 0.05) is 11.7 Å². The lowest BCUT2D eigenvalue weighted by Crippen LogP contribution is -2.31. The Labute approximate surface area is 108 Å². The van der Waals surface area contributed by atoms with Crippen LogP contribution in [0.5, 0.6) is 5.75 Å². The van der Waals surface area contributed by atoms with Crippen molar-refractivity contribution in [2.45, 2.75) is 32.2 Å². The summed E-state index contributed by atoms with van der Waals surface area (Å²) in [4.78, 5) is 11.6. The predicted molar refractivity (Wildman–Crippen MR) is 71.3 cm³/mol. The normalized spacial score (nSPS) is 21.4. The molecule has 0 saturated heterocycles. The van der Waals surface area contributed by atoms with Crippen molar-refractivity contribution >= 4 is 11.6 Å². The van der Waals surface area contributed by atoms with E-state index in [1.165, 1.54) is 12.8 Å². The van der Waals surface area contributed by atoms with Crippen molar-refractivity contribution in [2.75, 3.05) is 12.3 Å². The van der Waals surface area contributed by atoms with Gasteiger partial charge in [0.05, 0.1) is 0 Å². The van der Waals surface area contributed by atoms with Gasteiger partial charge in [-0.1, -0.05) is 13.3 Å². The summed E-state index contributed by atoms with van der Waals surface area (Å²) >= 11 is 0. The van der Waals surface area contributed by atoms with Gasteiger partial charge >= 0.3 is 0 Å². The number of carbonyl (C=O) groups excluding carboxylic acids is 1. The summed E-state index contributed by atoms with van der Waals surface area (Å²) in [5.74, 6) is 1.30. The van der Waals surface area contributed by atoms with Crippen LogP contribution in [0.3, 0.4) is 0 Å². The van der Waals surface area contributed by atoms with Crippen LogP contribution in [0, 0.1) is 5.92 Å². The Bertz CT molecular complexity index is 403. The third-order valence-corrected chi connectivity index (χ3v) is 3.18. The van der Waals surface area contributed by atoms with Crippen LogP contribution in [0.2, 0.25) is 0 Å². The van der Waals surface area contributed by atoms with Crippen LogP contribution >= 0.6 is 0 Å². The van der Waals surface area contributed by atoms with Crippen molar-refractivity contribution in [3.8, 4) is 5.75 Å². The minimum atomic E-state index is -0.0459. The summed E-state index contributed by atoms with van der Waals surface area (Å²) in [6.07, 6.45) is 3.49. The molecule has 1 aliphatic carbocycles. The van der Waals surface area contributed by atoms with Crippen molar-refractivity contribution in [3.05, 3.63) is 24.3 Å². The Morgan fingerprint density at radius 2 is 2.17 bits per heavy atom. The maximum Gasteiger partial charge on any atom is 0.258 e. The Balaban J connectivity index is 1.68. The van der Waals surface area contributed by atoms with E-state index < -0.39 is 0 Å². The van der Waals surface area contributed by atoms with Crippen LogP contribution in [-0.2, 0) is 4.79 Å². The maximum atomic E-state index is 11.6. The van der Waals surface area contributed by atoms with Crippen molar-refractivity contribution < 1.29 is 9.53 Å². The standard InChI is InChI=1S/C14H20N2O2/c1-2-3-10-8-13(10)16-14(17)9-18-12-6-4-11(15)5-7-12/h4-7,10,13H,2-3,8-9,15H2,1H3,(H,16,17). The quantitative estimate of drug-likeness (QED) is 0.756. The SMILES string of the molecule is CCCC1CC1NC(=O)COc1ccc(N)cc1. The molecule has 1 saturated carbocycles. The zero-order valence-electron chi connectivity index (χ0n) is 10.7. The highest BCUT2D eigenvalue weighted by Crippen LogP contribution is 2.34. The predicted octanol–water partition coefficient (Wildman–Crippen LogP) is 1.95. The van der Waals surface area contributed by atoms with Gasteiger partial charge < -0.3 is 15.8 Å². The van der Waals surface area contributed by atoms with Gasteiger partial charge in [0.15, 0.2) is 6.61 Å². The van der Waals surface area contributed by atoms with Gasteiger partial charge in [-0.15, -0.1) is 0 Å². The maximum absolute atomic E-state index is 11.6. The number of carbonyl (C=O) groups is 1. The van der Waals surface area contributed by atoms with Crippen LogP contribution in [0.4, 0.5) is 5.69 Å². The van der Waals surface area contributed by atoms with Gasteiger partial charge in [0.1, 0.15) is 5.75 Å². The second kappa shape index (κ2) is 5.76. The zero-order chi connectivity index (χ0) is 13.0. The molecule has 18 heavy (non-hydrogen) atoms. The number of nitrogens with two attached hydrogens (primary N) is 1.